The summed E-state index contributed by atoms with van der Waals surface area (Å²) in [6.45, 7) is 8.54. The number of hydrogen-bond acceptors (Lipinski definition) is 4. The molecule has 2 aromatic carbocycles. The maximum Gasteiger partial charge on any atom is 0.153 e. The van der Waals surface area contributed by atoms with Crippen LogP contribution in [0.1, 0.15) is 109 Å². The van der Waals surface area contributed by atoms with Crippen LogP contribution in [0.3, 0.4) is 0 Å². The number of hydrogen-bond donors (Lipinski definition) is 2. The number of aldehydes is 2. The van der Waals surface area contributed by atoms with E-state index >= 15 is 0 Å². The molecule has 4 aliphatic carbocycles. The Morgan fingerprint density at radius 3 is 1.47 bits per heavy atom. The van der Waals surface area contributed by atoms with Crippen molar-refractivity contribution in [2.24, 2.45) is 23.7 Å². The lowest BCUT2D eigenvalue weighted by Gasteiger charge is -2.63. The Kier molecular flexibility index (Phi) is 6.29. The van der Waals surface area contributed by atoms with E-state index in [0.717, 1.165) is 68.6 Å². The van der Waals surface area contributed by atoms with Crippen LogP contribution in [0.15, 0.2) is 24.3 Å². The van der Waals surface area contributed by atoms with Crippen molar-refractivity contribution < 1.29 is 19.8 Å². The average Bonchev–Trinajstić information content (AvgIpc) is 2.80. The summed E-state index contributed by atoms with van der Waals surface area (Å²) in [6.07, 6.45) is 9.79. The third-order valence-electron chi connectivity index (χ3n) is 9.23. The van der Waals surface area contributed by atoms with Crippen LogP contribution in [-0.4, -0.2) is 22.8 Å². The molecule has 0 spiro atoms. The summed E-state index contributed by atoms with van der Waals surface area (Å²) < 4.78 is 0. The third-order valence-corrected chi connectivity index (χ3v) is 9.23. The lowest BCUT2D eigenvalue weighted by molar-refractivity contribution is -0.0282. The summed E-state index contributed by atoms with van der Waals surface area (Å²) in [5, 5.41) is 21.5. The fourth-order valence-corrected chi connectivity index (χ4v) is 8.36. The molecule has 4 heteroatoms. The second-order valence-corrected chi connectivity index (χ2v) is 13.1. The maximum atomic E-state index is 11.9. The molecule has 2 N–H and O–H groups in total. The molecule has 4 saturated carbocycles. The fraction of sp³-hybridized carbons (Fsp3) is 0.562. The smallest absolute Gasteiger partial charge is 0.153 e. The summed E-state index contributed by atoms with van der Waals surface area (Å²) in [4.78, 5) is 23.9. The molecule has 0 heterocycles. The number of phenolic OH excluding ortho intramolecular Hbond substituents is 2. The Morgan fingerprint density at radius 2 is 1.14 bits per heavy atom. The lowest BCUT2D eigenvalue weighted by Crippen LogP contribution is -2.56. The SMILES string of the molecule is CC(C)Cc1cc(C23CC4CC(C2)CC(c2cc(C=O)c(O)c(CC(C)C)c2)(C4)C3)cc(C=O)c1O. The van der Waals surface area contributed by atoms with Crippen molar-refractivity contribution in [3.63, 3.8) is 0 Å². The van der Waals surface area contributed by atoms with Crippen LogP contribution in [0, 0.1) is 23.7 Å². The van der Waals surface area contributed by atoms with E-state index in [9.17, 15) is 19.8 Å². The van der Waals surface area contributed by atoms with Crippen LogP contribution in [0.5, 0.6) is 11.5 Å². The molecule has 192 valence electrons. The van der Waals surface area contributed by atoms with Crippen molar-refractivity contribution in [2.45, 2.75) is 89.9 Å². The van der Waals surface area contributed by atoms with E-state index in [1.807, 2.05) is 12.1 Å². The molecule has 0 radical (unpaired) electrons. The van der Waals surface area contributed by atoms with Crippen molar-refractivity contribution >= 4 is 12.6 Å². The summed E-state index contributed by atoms with van der Waals surface area (Å²) >= 11 is 0. The Morgan fingerprint density at radius 1 is 0.750 bits per heavy atom. The molecule has 36 heavy (non-hydrogen) atoms. The standard InChI is InChI=1S/C32H40O4/c1-19(2)5-23-8-27(10-25(16-33)29(23)35)31-12-21-7-22(13-31)15-32(14-21,18-31)28-9-24(6-20(3)4)30(36)26(11-28)17-34/h8-11,16-17,19-22,35-36H,5-7,12-15,18H2,1-4H3. The minimum Gasteiger partial charge on any atom is -0.507 e. The topological polar surface area (TPSA) is 74.6 Å². The zero-order chi connectivity index (χ0) is 25.8. The minimum atomic E-state index is -0.0291. The van der Waals surface area contributed by atoms with E-state index in [2.05, 4.69) is 39.8 Å². The van der Waals surface area contributed by atoms with Crippen LogP contribution < -0.4 is 0 Å². The molecule has 0 atom stereocenters. The minimum absolute atomic E-state index is 0.0291. The van der Waals surface area contributed by atoms with E-state index in [4.69, 9.17) is 0 Å². The molecule has 2 aromatic rings. The van der Waals surface area contributed by atoms with E-state index < -0.39 is 0 Å². The van der Waals surface area contributed by atoms with Gasteiger partial charge < -0.3 is 10.2 Å². The van der Waals surface area contributed by atoms with Gasteiger partial charge in [0, 0.05) is 0 Å². The van der Waals surface area contributed by atoms with Crippen molar-refractivity contribution in [2.75, 3.05) is 0 Å². The molecular weight excluding hydrogens is 448 g/mol. The van der Waals surface area contributed by atoms with Gasteiger partial charge in [-0.2, -0.15) is 0 Å². The fourth-order valence-electron chi connectivity index (χ4n) is 8.36. The molecule has 0 aromatic heterocycles. The zero-order valence-corrected chi connectivity index (χ0v) is 22.1. The molecule has 0 saturated heterocycles. The van der Waals surface area contributed by atoms with Gasteiger partial charge in [-0.15, -0.1) is 0 Å². The molecule has 4 fully saturated rings. The van der Waals surface area contributed by atoms with Gasteiger partial charge in [0.25, 0.3) is 0 Å². The van der Waals surface area contributed by atoms with Crippen LogP contribution in [0.25, 0.3) is 0 Å². The predicted molar refractivity (Wildman–Crippen MR) is 142 cm³/mol. The Hall–Kier alpha value is -2.62. The van der Waals surface area contributed by atoms with Gasteiger partial charge in [0.05, 0.1) is 11.1 Å². The van der Waals surface area contributed by atoms with Crippen LogP contribution in [0.4, 0.5) is 0 Å². The van der Waals surface area contributed by atoms with Gasteiger partial charge in [-0.1, -0.05) is 39.8 Å². The summed E-state index contributed by atoms with van der Waals surface area (Å²) in [7, 11) is 0. The van der Waals surface area contributed by atoms with Crippen molar-refractivity contribution in [1.82, 2.24) is 0 Å². The second-order valence-electron chi connectivity index (χ2n) is 13.1. The predicted octanol–water partition coefficient (Wildman–Crippen LogP) is 6.91. The van der Waals surface area contributed by atoms with E-state index in [1.165, 1.54) is 17.5 Å². The van der Waals surface area contributed by atoms with Gasteiger partial charge in [-0.3, -0.25) is 9.59 Å². The average molecular weight is 489 g/mol. The monoisotopic (exact) mass is 488 g/mol. The van der Waals surface area contributed by atoms with Crippen LogP contribution >= 0.6 is 0 Å². The van der Waals surface area contributed by atoms with Gasteiger partial charge >= 0.3 is 0 Å². The van der Waals surface area contributed by atoms with Crippen molar-refractivity contribution in [3.05, 3.63) is 57.6 Å². The summed E-state index contributed by atoms with van der Waals surface area (Å²) in [5.74, 6) is 2.24. The highest BCUT2D eigenvalue weighted by Gasteiger charge is 2.59. The third kappa shape index (κ3) is 4.17. The number of aromatic hydroxyl groups is 2. The number of carbonyl (C=O) groups excluding carboxylic acids is 2. The van der Waals surface area contributed by atoms with Gasteiger partial charge in [0.15, 0.2) is 12.6 Å². The summed E-state index contributed by atoms with van der Waals surface area (Å²) in [6, 6.07) is 8.26. The normalized spacial score (nSPS) is 28.7. The highest BCUT2D eigenvalue weighted by atomic mass is 16.3. The molecule has 4 aliphatic rings. The molecule has 0 aliphatic heterocycles. The van der Waals surface area contributed by atoms with Crippen molar-refractivity contribution in [1.29, 1.82) is 0 Å². The first-order valence-electron chi connectivity index (χ1n) is 13.7. The van der Waals surface area contributed by atoms with Crippen LogP contribution in [0.2, 0.25) is 0 Å². The molecule has 4 bridgehead atoms. The Bertz CT molecular complexity index is 1090. The van der Waals surface area contributed by atoms with Gasteiger partial charge in [-0.05, 0) is 120 Å². The maximum absolute atomic E-state index is 11.9. The van der Waals surface area contributed by atoms with Crippen molar-refractivity contribution in [3.8, 4) is 11.5 Å². The van der Waals surface area contributed by atoms with E-state index in [0.29, 0.717) is 34.8 Å². The first kappa shape index (κ1) is 25.0. The van der Waals surface area contributed by atoms with Crippen LogP contribution in [-0.2, 0) is 23.7 Å². The first-order chi connectivity index (χ1) is 17.1. The summed E-state index contributed by atoms with van der Waals surface area (Å²) in [5.41, 5.74) is 4.90. The Balaban J connectivity index is 1.63. The number of carbonyl (C=O) groups is 2. The Labute approximate surface area is 215 Å². The second kappa shape index (κ2) is 9.04. The molecule has 4 nitrogen and oxygen atoms in total. The lowest BCUT2D eigenvalue weighted by atomic mass is 9.41. The number of phenols is 2. The largest absolute Gasteiger partial charge is 0.507 e. The number of rotatable bonds is 8. The number of benzene rings is 2. The van der Waals surface area contributed by atoms with E-state index in [1.54, 1.807) is 0 Å². The van der Waals surface area contributed by atoms with E-state index in [-0.39, 0.29) is 22.3 Å². The first-order valence-corrected chi connectivity index (χ1v) is 13.7. The highest BCUT2D eigenvalue weighted by molar-refractivity contribution is 5.81. The quantitative estimate of drug-likeness (QED) is 0.396. The highest BCUT2D eigenvalue weighted by Crippen LogP contribution is 2.66. The zero-order valence-electron chi connectivity index (χ0n) is 22.1. The molecule has 0 amide bonds. The van der Waals surface area contributed by atoms with Gasteiger partial charge in [-0.25, -0.2) is 0 Å². The van der Waals surface area contributed by atoms with Gasteiger partial charge in [0.1, 0.15) is 11.5 Å². The molecule has 0 unspecified atom stereocenters. The molecular formula is C32H40O4. The van der Waals surface area contributed by atoms with Gasteiger partial charge in [0.2, 0.25) is 0 Å². The molecule has 6 rings (SSSR count).